The molecule has 1 aromatic heterocycles. The molecule has 0 unspecified atom stereocenters. The molecule has 6 heteroatoms. The zero-order valence-electron chi connectivity index (χ0n) is 9.70. The molecule has 0 aliphatic rings. The Hall–Kier alpha value is -1.40. The highest BCUT2D eigenvalue weighted by Gasteiger charge is 2.16. The van der Waals surface area contributed by atoms with Crippen LogP contribution in [0.3, 0.4) is 0 Å². The van der Waals surface area contributed by atoms with Gasteiger partial charge in [-0.05, 0) is 11.8 Å². The summed E-state index contributed by atoms with van der Waals surface area (Å²) in [6.07, 6.45) is 3.92. The topological polar surface area (TPSA) is 96.1 Å². The summed E-state index contributed by atoms with van der Waals surface area (Å²) in [5.74, 6) is 6.42. The fourth-order valence-corrected chi connectivity index (χ4v) is 1.24. The lowest BCUT2D eigenvalue weighted by Crippen LogP contribution is -2.24. The molecule has 1 aromatic rings. The first-order valence-electron chi connectivity index (χ1n) is 5.21. The second-order valence-corrected chi connectivity index (χ2v) is 4.43. The first-order chi connectivity index (χ1) is 7.57. The summed E-state index contributed by atoms with van der Waals surface area (Å²) in [7, 11) is 0. The zero-order chi connectivity index (χ0) is 12.0. The van der Waals surface area contributed by atoms with Crippen molar-refractivity contribution in [2.75, 3.05) is 23.9 Å². The van der Waals surface area contributed by atoms with Crippen molar-refractivity contribution in [1.29, 1.82) is 0 Å². The van der Waals surface area contributed by atoms with Gasteiger partial charge in [-0.25, -0.2) is 10.8 Å². The molecule has 0 radical (unpaired) electrons. The smallest absolute Gasteiger partial charge is 0.160 e. The average Bonchev–Trinajstić information content (AvgIpc) is 2.27. The van der Waals surface area contributed by atoms with Crippen molar-refractivity contribution in [2.24, 2.45) is 11.3 Å². The van der Waals surface area contributed by atoms with Gasteiger partial charge in [-0.1, -0.05) is 13.8 Å². The molecule has 0 fully saturated rings. The number of hydrogen-bond donors (Lipinski definition) is 4. The van der Waals surface area contributed by atoms with Crippen LogP contribution in [0.25, 0.3) is 0 Å². The van der Waals surface area contributed by atoms with Crippen molar-refractivity contribution in [3.8, 4) is 0 Å². The van der Waals surface area contributed by atoms with Crippen LogP contribution < -0.4 is 16.6 Å². The molecular weight excluding hydrogens is 206 g/mol. The Morgan fingerprint density at radius 1 is 1.38 bits per heavy atom. The van der Waals surface area contributed by atoms with E-state index in [1.807, 2.05) is 0 Å². The maximum absolute atomic E-state index is 8.90. The van der Waals surface area contributed by atoms with E-state index in [1.54, 1.807) is 12.4 Å². The molecule has 1 heterocycles. The van der Waals surface area contributed by atoms with Crippen molar-refractivity contribution in [3.63, 3.8) is 0 Å². The molecule has 1 rings (SSSR count). The molecule has 0 aliphatic heterocycles. The normalized spacial score (nSPS) is 11.2. The van der Waals surface area contributed by atoms with Gasteiger partial charge in [0.15, 0.2) is 5.82 Å². The summed E-state index contributed by atoms with van der Waals surface area (Å²) in [4.78, 5) is 8.17. The quantitative estimate of drug-likeness (QED) is 0.418. The van der Waals surface area contributed by atoms with Crippen LogP contribution in [0.2, 0.25) is 0 Å². The van der Waals surface area contributed by atoms with E-state index < -0.39 is 0 Å². The highest BCUT2D eigenvalue weighted by atomic mass is 16.3. The molecule has 0 bridgehead atoms. The lowest BCUT2D eigenvalue weighted by atomic mass is 9.90. The minimum Gasteiger partial charge on any atom is -0.396 e. The summed E-state index contributed by atoms with van der Waals surface area (Å²) < 4.78 is 0. The van der Waals surface area contributed by atoms with Gasteiger partial charge < -0.3 is 15.8 Å². The minimum absolute atomic E-state index is 0.0164. The van der Waals surface area contributed by atoms with E-state index in [-0.39, 0.29) is 12.0 Å². The SMILES string of the molecule is CC(C)(CCO)CNc1cncc(NN)n1. The summed E-state index contributed by atoms with van der Waals surface area (Å²) in [5, 5.41) is 12.1. The molecule has 5 N–H and O–H groups in total. The van der Waals surface area contributed by atoms with Gasteiger partial charge in [-0.3, -0.25) is 4.98 Å². The van der Waals surface area contributed by atoms with Gasteiger partial charge in [-0.15, -0.1) is 0 Å². The molecule has 90 valence electrons. The van der Waals surface area contributed by atoms with Crippen LogP contribution in [0.5, 0.6) is 0 Å². The molecule has 0 spiro atoms. The largest absolute Gasteiger partial charge is 0.396 e. The molecule has 0 saturated heterocycles. The number of hydrazine groups is 1. The monoisotopic (exact) mass is 225 g/mol. The second kappa shape index (κ2) is 5.62. The molecule has 16 heavy (non-hydrogen) atoms. The summed E-state index contributed by atoms with van der Waals surface area (Å²) in [5.41, 5.74) is 2.45. The molecule has 0 amide bonds. The number of nitrogens with two attached hydrogens (primary N) is 1. The molecule has 0 aliphatic carbocycles. The molecule has 0 aromatic carbocycles. The van der Waals surface area contributed by atoms with Crippen LogP contribution >= 0.6 is 0 Å². The number of aromatic nitrogens is 2. The Balaban J connectivity index is 2.53. The van der Waals surface area contributed by atoms with Gasteiger partial charge in [0.1, 0.15) is 5.82 Å². The fraction of sp³-hybridized carbons (Fsp3) is 0.600. The van der Waals surface area contributed by atoms with Crippen molar-refractivity contribution in [3.05, 3.63) is 12.4 Å². The first-order valence-corrected chi connectivity index (χ1v) is 5.21. The van der Waals surface area contributed by atoms with Crippen molar-refractivity contribution < 1.29 is 5.11 Å². The average molecular weight is 225 g/mol. The van der Waals surface area contributed by atoms with E-state index in [9.17, 15) is 0 Å². The Morgan fingerprint density at radius 3 is 2.69 bits per heavy atom. The van der Waals surface area contributed by atoms with Crippen LogP contribution in [0.1, 0.15) is 20.3 Å². The predicted molar refractivity (Wildman–Crippen MR) is 63.8 cm³/mol. The van der Waals surface area contributed by atoms with Gasteiger partial charge >= 0.3 is 0 Å². The van der Waals surface area contributed by atoms with Crippen LogP contribution in [-0.4, -0.2) is 28.2 Å². The molecule has 0 saturated carbocycles. The van der Waals surface area contributed by atoms with Gasteiger partial charge in [-0.2, -0.15) is 0 Å². The van der Waals surface area contributed by atoms with E-state index >= 15 is 0 Å². The van der Waals surface area contributed by atoms with Crippen LogP contribution in [-0.2, 0) is 0 Å². The number of anilines is 2. The summed E-state index contributed by atoms with van der Waals surface area (Å²) in [6.45, 7) is 5.06. The van der Waals surface area contributed by atoms with Crippen molar-refractivity contribution in [2.45, 2.75) is 20.3 Å². The summed E-state index contributed by atoms with van der Waals surface area (Å²) in [6, 6.07) is 0. The zero-order valence-corrected chi connectivity index (χ0v) is 9.70. The third-order valence-electron chi connectivity index (χ3n) is 2.32. The summed E-state index contributed by atoms with van der Waals surface area (Å²) >= 11 is 0. The van der Waals surface area contributed by atoms with Gasteiger partial charge in [0.2, 0.25) is 0 Å². The van der Waals surface area contributed by atoms with E-state index in [0.29, 0.717) is 11.6 Å². The number of hydrogen-bond acceptors (Lipinski definition) is 6. The highest BCUT2D eigenvalue weighted by Crippen LogP contribution is 2.20. The number of nitrogen functional groups attached to an aromatic ring is 1. The lowest BCUT2D eigenvalue weighted by molar-refractivity contribution is 0.220. The number of nitrogens with one attached hydrogen (secondary N) is 2. The van der Waals surface area contributed by atoms with E-state index in [2.05, 4.69) is 34.6 Å². The van der Waals surface area contributed by atoms with Gasteiger partial charge in [0.05, 0.1) is 12.4 Å². The van der Waals surface area contributed by atoms with Crippen LogP contribution in [0.15, 0.2) is 12.4 Å². The third kappa shape index (κ3) is 4.00. The first kappa shape index (κ1) is 12.7. The highest BCUT2D eigenvalue weighted by molar-refractivity contribution is 5.40. The predicted octanol–water partition coefficient (Wildman–Crippen LogP) is 0.583. The molecule has 6 nitrogen and oxygen atoms in total. The number of aliphatic hydroxyl groups excluding tert-OH is 1. The van der Waals surface area contributed by atoms with Crippen molar-refractivity contribution in [1.82, 2.24) is 9.97 Å². The van der Waals surface area contributed by atoms with Gasteiger partial charge in [0, 0.05) is 13.2 Å². The van der Waals surface area contributed by atoms with E-state index in [1.165, 1.54) is 0 Å². The maximum atomic E-state index is 8.90. The maximum Gasteiger partial charge on any atom is 0.160 e. The second-order valence-electron chi connectivity index (χ2n) is 4.43. The third-order valence-corrected chi connectivity index (χ3v) is 2.32. The molecular formula is C10H19N5O. The van der Waals surface area contributed by atoms with E-state index in [4.69, 9.17) is 10.9 Å². The van der Waals surface area contributed by atoms with Crippen molar-refractivity contribution >= 4 is 11.6 Å². The Bertz CT molecular complexity index is 329. The van der Waals surface area contributed by atoms with Gasteiger partial charge in [0.25, 0.3) is 0 Å². The lowest BCUT2D eigenvalue weighted by Gasteiger charge is -2.24. The van der Waals surface area contributed by atoms with Crippen LogP contribution in [0, 0.1) is 5.41 Å². The minimum atomic E-state index is 0.0164. The Morgan fingerprint density at radius 2 is 2.06 bits per heavy atom. The molecule has 0 atom stereocenters. The number of aliphatic hydroxyl groups is 1. The Kier molecular flexibility index (Phi) is 4.45. The van der Waals surface area contributed by atoms with E-state index in [0.717, 1.165) is 13.0 Å². The number of nitrogens with zero attached hydrogens (tertiary/aromatic N) is 2. The fourth-order valence-electron chi connectivity index (χ4n) is 1.24. The number of rotatable bonds is 6. The Labute approximate surface area is 95.3 Å². The van der Waals surface area contributed by atoms with Crippen LogP contribution in [0.4, 0.5) is 11.6 Å². The standard InChI is InChI=1S/C10H19N5O/c1-10(2,3-4-16)7-13-8-5-12-6-9(14-8)15-11/h5-6,16H,3-4,7,11H2,1-2H3,(H2,13,14,15).